The Balaban J connectivity index is 2.37. The first kappa shape index (κ1) is 27.9. The number of nitrogens with one attached hydrogen (secondary N) is 2. The van der Waals surface area contributed by atoms with E-state index in [1.165, 1.54) is 43.3 Å². The third kappa shape index (κ3) is 8.15. The molecule has 0 saturated heterocycles. The molecule has 0 heterocycles. The molecule has 11 nitrogen and oxygen atoms in total. The number of hydrogen-bond donors (Lipinski definition) is 3. The summed E-state index contributed by atoms with van der Waals surface area (Å²) < 4.78 is 18.2. The van der Waals surface area contributed by atoms with Crippen molar-refractivity contribution < 1.29 is 38.3 Å². The minimum atomic E-state index is -1.65. The van der Waals surface area contributed by atoms with Gasteiger partial charge < -0.3 is 20.5 Å². The Morgan fingerprint density at radius 3 is 2.17 bits per heavy atom. The summed E-state index contributed by atoms with van der Waals surface area (Å²) in [6, 6.07) is 7.28. The number of hydrogen-bond acceptors (Lipinski definition) is 7. The molecule has 2 aromatic rings. The van der Waals surface area contributed by atoms with E-state index >= 15 is 0 Å². The normalized spacial score (nSPS) is 13.1. The Hall–Kier alpha value is -4.35. The highest BCUT2D eigenvalue weighted by Crippen LogP contribution is 2.27. The standard InChI is InChI=1S/C24H26FN3O8/c1-3-36-21(30)13-19(16-6-10-18(11-7-16)28(34)35)22(24(32)33)27-23(31)20(26-14(2)29)12-15-4-8-17(25)9-5-15/h4-11,19-20,22H,3,12-13H2,1-2H3,(H,26,29)(H,27,31)(H,32,33)/t19-,20-,22-/m0/s1. The van der Waals surface area contributed by atoms with Crippen LogP contribution < -0.4 is 10.6 Å². The highest BCUT2D eigenvalue weighted by molar-refractivity contribution is 5.91. The van der Waals surface area contributed by atoms with Gasteiger partial charge in [-0.15, -0.1) is 0 Å². The number of esters is 1. The van der Waals surface area contributed by atoms with Crippen LogP contribution in [0.1, 0.15) is 37.3 Å². The zero-order valence-electron chi connectivity index (χ0n) is 19.6. The molecule has 0 aliphatic rings. The summed E-state index contributed by atoms with van der Waals surface area (Å²) in [7, 11) is 0. The van der Waals surface area contributed by atoms with Gasteiger partial charge in [-0.1, -0.05) is 24.3 Å². The van der Waals surface area contributed by atoms with Crippen molar-refractivity contribution in [3.8, 4) is 0 Å². The Kier molecular flexibility index (Phi) is 10.0. The number of non-ortho nitro benzene ring substituents is 1. The van der Waals surface area contributed by atoms with E-state index in [9.17, 15) is 38.8 Å². The minimum Gasteiger partial charge on any atom is -0.480 e. The van der Waals surface area contributed by atoms with Gasteiger partial charge in [0.25, 0.3) is 5.69 Å². The van der Waals surface area contributed by atoms with Crippen molar-refractivity contribution in [1.29, 1.82) is 0 Å². The third-order valence-corrected chi connectivity index (χ3v) is 5.24. The largest absolute Gasteiger partial charge is 0.480 e. The van der Waals surface area contributed by atoms with Crippen LogP contribution in [0.3, 0.4) is 0 Å². The summed E-state index contributed by atoms with van der Waals surface area (Å²) in [5.74, 6) is -5.24. The minimum absolute atomic E-state index is 0.0399. The number of rotatable bonds is 12. The number of carbonyl (C=O) groups is 4. The molecule has 192 valence electrons. The van der Waals surface area contributed by atoms with Crippen molar-refractivity contribution in [1.82, 2.24) is 10.6 Å². The van der Waals surface area contributed by atoms with E-state index in [1.807, 2.05) is 0 Å². The molecule has 0 aliphatic carbocycles. The SMILES string of the molecule is CCOC(=O)C[C@@H](c1ccc([N+](=O)[O-])cc1)[C@H](NC(=O)[C@H](Cc1ccc(F)cc1)NC(C)=O)C(=O)O. The first-order chi connectivity index (χ1) is 17.0. The van der Waals surface area contributed by atoms with Crippen molar-refractivity contribution >= 4 is 29.4 Å². The number of nitrogens with zero attached hydrogens (tertiary/aromatic N) is 1. The number of ether oxygens (including phenoxy) is 1. The number of carboxylic acids is 1. The van der Waals surface area contributed by atoms with Crippen molar-refractivity contribution in [2.24, 2.45) is 0 Å². The number of nitro groups is 1. The molecular formula is C24H26FN3O8. The van der Waals surface area contributed by atoms with E-state index in [1.54, 1.807) is 6.92 Å². The fourth-order valence-corrected chi connectivity index (χ4v) is 3.57. The van der Waals surface area contributed by atoms with E-state index < -0.39 is 58.9 Å². The highest BCUT2D eigenvalue weighted by atomic mass is 19.1. The average Bonchev–Trinajstić information content (AvgIpc) is 2.82. The molecule has 0 aliphatic heterocycles. The van der Waals surface area contributed by atoms with Gasteiger partial charge >= 0.3 is 11.9 Å². The fourth-order valence-electron chi connectivity index (χ4n) is 3.57. The molecule has 0 radical (unpaired) electrons. The molecule has 3 atom stereocenters. The Bertz CT molecular complexity index is 1110. The van der Waals surface area contributed by atoms with Gasteiger partial charge in [0.1, 0.15) is 17.9 Å². The zero-order chi connectivity index (χ0) is 26.8. The summed E-state index contributed by atoms with van der Waals surface area (Å²) in [6.45, 7) is 2.79. The molecule has 2 aromatic carbocycles. The second-order valence-electron chi connectivity index (χ2n) is 7.87. The van der Waals surface area contributed by atoms with Crippen molar-refractivity contribution in [3.05, 3.63) is 75.6 Å². The Morgan fingerprint density at radius 1 is 1.06 bits per heavy atom. The lowest BCUT2D eigenvalue weighted by molar-refractivity contribution is -0.384. The van der Waals surface area contributed by atoms with Gasteiger partial charge in [-0.2, -0.15) is 0 Å². The average molecular weight is 503 g/mol. The third-order valence-electron chi connectivity index (χ3n) is 5.24. The van der Waals surface area contributed by atoms with Gasteiger partial charge in [-0.3, -0.25) is 24.5 Å². The molecule has 2 rings (SSSR count). The molecule has 3 N–H and O–H groups in total. The second-order valence-corrected chi connectivity index (χ2v) is 7.87. The second kappa shape index (κ2) is 12.9. The first-order valence-electron chi connectivity index (χ1n) is 11.0. The lowest BCUT2D eigenvalue weighted by Gasteiger charge is -2.27. The maximum atomic E-state index is 13.2. The maximum Gasteiger partial charge on any atom is 0.326 e. The van der Waals surface area contributed by atoms with Crippen LogP contribution in [0, 0.1) is 15.9 Å². The molecule has 0 bridgehead atoms. The first-order valence-corrected chi connectivity index (χ1v) is 11.0. The highest BCUT2D eigenvalue weighted by Gasteiger charge is 2.35. The molecule has 0 spiro atoms. The molecular weight excluding hydrogens is 477 g/mol. The van der Waals surface area contributed by atoms with Gasteiger partial charge in [-0.05, 0) is 30.2 Å². The number of nitro benzene ring substituents is 1. The molecule has 0 aromatic heterocycles. The summed E-state index contributed by atoms with van der Waals surface area (Å²) in [5.41, 5.74) is 0.515. The van der Waals surface area contributed by atoms with Crippen LogP contribution in [0.15, 0.2) is 48.5 Å². The Morgan fingerprint density at radius 2 is 1.67 bits per heavy atom. The van der Waals surface area contributed by atoms with Crippen LogP contribution in [0.4, 0.5) is 10.1 Å². The molecule has 0 saturated carbocycles. The van der Waals surface area contributed by atoms with Crippen LogP contribution >= 0.6 is 0 Å². The van der Waals surface area contributed by atoms with Crippen LogP contribution in [0.25, 0.3) is 0 Å². The van der Waals surface area contributed by atoms with Gasteiger partial charge in [-0.25, -0.2) is 9.18 Å². The maximum absolute atomic E-state index is 13.2. The quantitative estimate of drug-likeness (QED) is 0.225. The zero-order valence-corrected chi connectivity index (χ0v) is 19.6. The molecule has 0 unspecified atom stereocenters. The smallest absolute Gasteiger partial charge is 0.326 e. The van der Waals surface area contributed by atoms with Crippen LogP contribution in [-0.2, 0) is 30.3 Å². The van der Waals surface area contributed by atoms with Crippen LogP contribution in [-0.4, -0.2) is 52.5 Å². The van der Waals surface area contributed by atoms with E-state index in [-0.39, 0.29) is 24.3 Å². The fraction of sp³-hybridized carbons (Fsp3) is 0.333. The van der Waals surface area contributed by atoms with Crippen molar-refractivity contribution in [3.63, 3.8) is 0 Å². The monoisotopic (exact) mass is 503 g/mol. The van der Waals surface area contributed by atoms with Gasteiger partial charge in [0.15, 0.2) is 0 Å². The summed E-state index contributed by atoms with van der Waals surface area (Å²) >= 11 is 0. The summed E-state index contributed by atoms with van der Waals surface area (Å²) in [4.78, 5) is 59.6. The van der Waals surface area contributed by atoms with Gasteiger partial charge in [0.2, 0.25) is 11.8 Å². The van der Waals surface area contributed by atoms with Gasteiger partial charge in [0, 0.05) is 31.4 Å². The predicted octanol–water partition coefficient (Wildman–Crippen LogP) is 2.09. The number of aliphatic carboxylic acids is 1. The van der Waals surface area contributed by atoms with E-state index in [4.69, 9.17) is 4.74 Å². The lowest BCUT2D eigenvalue weighted by Crippen LogP contribution is -2.54. The lowest BCUT2D eigenvalue weighted by atomic mass is 9.88. The number of halogens is 1. The molecule has 36 heavy (non-hydrogen) atoms. The van der Waals surface area contributed by atoms with E-state index in [0.717, 1.165) is 12.1 Å². The number of amides is 2. The molecule has 0 fully saturated rings. The summed E-state index contributed by atoms with van der Waals surface area (Å²) in [5, 5.41) is 25.7. The molecule has 2 amide bonds. The number of benzene rings is 2. The van der Waals surface area contributed by atoms with Crippen LogP contribution in [0.2, 0.25) is 0 Å². The van der Waals surface area contributed by atoms with Crippen molar-refractivity contribution in [2.75, 3.05) is 6.61 Å². The van der Waals surface area contributed by atoms with Crippen LogP contribution in [0.5, 0.6) is 0 Å². The van der Waals surface area contributed by atoms with E-state index in [2.05, 4.69) is 10.6 Å². The van der Waals surface area contributed by atoms with Gasteiger partial charge in [0.05, 0.1) is 18.0 Å². The number of carboxylic acid groups (broad SMARTS) is 1. The summed E-state index contributed by atoms with van der Waals surface area (Å²) in [6.07, 6.45) is -0.496. The van der Waals surface area contributed by atoms with E-state index in [0.29, 0.717) is 5.56 Å². The Labute approximate surface area is 205 Å². The number of carbonyl (C=O) groups excluding carboxylic acids is 3. The van der Waals surface area contributed by atoms with Crippen molar-refractivity contribution in [2.45, 2.75) is 44.7 Å². The predicted molar refractivity (Wildman–Crippen MR) is 124 cm³/mol. The topological polar surface area (TPSA) is 165 Å². The molecule has 12 heteroatoms.